The molecule has 12 heteroatoms. The van der Waals surface area contributed by atoms with Crippen molar-refractivity contribution < 1.29 is 18.1 Å². The second-order valence-corrected chi connectivity index (χ2v) is 13.6. The van der Waals surface area contributed by atoms with Crippen LogP contribution in [-0.2, 0) is 22.6 Å². The number of fused-ring (bicyclic) bond motifs is 4. The number of hydrogen-bond acceptors (Lipinski definition) is 7. The van der Waals surface area contributed by atoms with Crippen molar-refractivity contribution in [2.24, 2.45) is 7.05 Å². The summed E-state index contributed by atoms with van der Waals surface area (Å²) >= 11 is 0. The molecular formula is C31H36FN7O3S. The molecule has 0 saturated carbocycles. The summed E-state index contributed by atoms with van der Waals surface area (Å²) < 4.78 is 38.7. The molecule has 1 amide bonds. The van der Waals surface area contributed by atoms with Gasteiger partial charge in [-0.2, -0.15) is 5.10 Å². The molecule has 1 saturated heterocycles. The molecule has 4 heterocycles. The SMILES string of the molecule is CC[C@@H]1C[C@@H](n2nnc3c(S(C)=O)nc4c(F)c(-c5ccc6cnn(C)c6c5)c(C)cc4c32)CCN1C(=O)OC(C)(C)C. The van der Waals surface area contributed by atoms with Gasteiger partial charge in [-0.15, -0.1) is 5.10 Å². The predicted octanol–water partition coefficient (Wildman–Crippen LogP) is 6.07. The van der Waals surface area contributed by atoms with E-state index < -0.39 is 22.2 Å². The molecule has 6 rings (SSSR count). The van der Waals surface area contributed by atoms with Gasteiger partial charge in [0.15, 0.2) is 10.8 Å². The standard InChI is InChI=1S/C31H36FN7O3S/c1-8-20-15-21(11-12-38(20)30(40)42-31(3,4)5)39-28-22-13-17(2)24(18-9-10-19-16-33-37(6)23(19)14-18)25(32)26(22)34-29(43(7)41)27(28)35-36-39/h9-10,13-14,16,20-21H,8,11-12,15H2,1-7H3/t20-,21+,43?/m1/s1. The number of benzene rings is 2. The van der Waals surface area contributed by atoms with Gasteiger partial charge in [0.05, 0.1) is 28.6 Å². The van der Waals surface area contributed by atoms with Gasteiger partial charge in [-0.3, -0.25) is 8.89 Å². The number of rotatable bonds is 4. The number of piperidine rings is 1. The van der Waals surface area contributed by atoms with Crippen LogP contribution in [0.2, 0.25) is 0 Å². The molecule has 10 nitrogen and oxygen atoms in total. The number of halogens is 1. The topological polar surface area (TPSA) is 108 Å². The molecule has 0 N–H and O–H groups in total. The van der Waals surface area contributed by atoms with Gasteiger partial charge in [0, 0.05) is 42.2 Å². The highest BCUT2D eigenvalue weighted by Gasteiger charge is 2.36. The van der Waals surface area contributed by atoms with Gasteiger partial charge in [0.1, 0.15) is 22.2 Å². The average molecular weight is 606 g/mol. The molecule has 43 heavy (non-hydrogen) atoms. The van der Waals surface area contributed by atoms with Crippen LogP contribution in [0, 0.1) is 12.7 Å². The van der Waals surface area contributed by atoms with Gasteiger partial charge >= 0.3 is 6.09 Å². The van der Waals surface area contributed by atoms with E-state index in [1.165, 1.54) is 6.26 Å². The largest absolute Gasteiger partial charge is 0.444 e. The molecule has 3 aromatic heterocycles. The van der Waals surface area contributed by atoms with Crippen LogP contribution in [0.25, 0.3) is 44.0 Å². The Morgan fingerprint density at radius 1 is 1.21 bits per heavy atom. The van der Waals surface area contributed by atoms with Crippen LogP contribution >= 0.6 is 0 Å². The van der Waals surface area contributed by atoms with E-state index in [1.54, 1.807) is 15.8 Å². The third-order valence-corrected chi connectivity index (χ3v) is 9.08. The van der Waals surface area contributed by atoms with Crippen LogP contribution in [0.1, 0.15) is 58.6 Å². The fourth-order valence-electron chi connectivity index (χ4n) is 6.21. The Kier molecular flexibility index (Phi) is 7.22. The van der Waals surface area contributed by atoms with E-state index in [0.717, 1.165) is 22.9 Å². The summed E-state index contributed by atoms with van der Waals surface area (Å²) in [4.78, 5) is 19.3. The summed E-state index contributed by atoms with van der Waals surface area (Å²) in [5, 5.41) is 15.0. The number of pyridine rings is 1. The molecule has 2 aromatic carbocycles. The van der Waals surface area contributed by atoms with Crippen LogP contribution in [0.15, 0.2) is 35.5 Å². The molecular weight excluding hydrogens is 569 g/mol. The van der Waals surface area contributed by atoms with Gasteiger partial charge in [0.2, 0.25) is 0 Å². The summed E-state index contributed by atoms with van der Waals surface area (Å²) in [5.41, 5.74) is 3.32. The van der Waals surface area contributed by atoms with Crippen molar-refractivity contribution in [3.63, 3.8) is 0 Å². The lowest BCUT2D eigenvalue weighted by Crippen LogP contribution is -2.48. The number of nitrogens with zero attached hydrogens (tertiary/aromatic N) is 7. The van der Waals surface area contributed by atoms with Crippen molar-refractivity contribution >= 4 is 49.7 Å². The van der Waals surface area contributed by atoms with Crippen LogP contribution in [-0.4, -0.2) is 69.4 Å². The third-order valence-electron chi connectivity index (χ3n) is 8.25. The van der Waals surface area contributed by atoms with Gasteiger partial charge in [-0.25, -0.2) is 18.9 Å². The van der Waals surface area contributed by atoms with E-state index in [2.05, 4.69) is 20.4 Å². The lowest BCUT2D eigenvalue weighted by atomic mass is 9.94. The number of hydrogen-bond donors (Lipinski definition) is 0. The minimum Gasteiger partial charge on any atom is -0.444 e. The van der Waals surface area contributed by atoms with Crippen LogP contribution in [0.4, 0.5) is 9.18 Å². The molecule has 226 valence electrons. The van der Waals surface area contributed by atoms with E-state index in [9.17, 15) is 9.00 Å². The fraction of sp³-hybridized carbons (Fsp3) is 0.452. The number of aryl methyl sites for hydroxylation is 2. The second-order valence-electron chi connectivity index (χ2n) is 12.3. The third kappa shape index (κ3) is 5.05. The molecule has 0 spiro atoms. The van der Waals surface area contributed by atoms with E-state index in [0.29, 0.717) is 46.9 Å². The van der Waals surface area contributed by atoms with Crippen molar-refractivity contribution in [2.75, 3.05) is 12.8 Å². The first-order chi connectivity index (χ1) is 20.4. The van der Waals surface area contributed by atoms with Gasteiger partial charge < -0.3 is 9.64 Å². The van der Waals surface area contributed by atoms with E-state index in [4.69, 9.17) is 4.74 Å². The first kappa shape index (κ1) is 29.2. The normalized spacial score (nSPS) is 18.6. The Labute approximate surface area is 251 Å². The molecule has 0 radical (unpaired) electrons. The zero-order valence-electron chi connectivity index (χ0n) is 25.5. The monoisotopic (exact) mass is 605 g/mol. The number of ether oxygens (including phenoxy) is 1. The molecule has 1 aliphatic heterocycles. The molecule has 1 aliphatic rings. The quantitative estimate of drug-likeness (QED) is 0.245. The molecule has 0 aliphatic carbocycles. The van der Waals surface area contributed by atoms with Crippen molar-refractivity contribution in [3.8, 4) is 11.1 Å². The van der Waals surface area contributed by atoms with E-state index in [1.807, 2.05) is 70.6 Å². The highest BCUT2D eigenvalue weighted by molar-refractivity contribution is 7.84. The van der Waals surface area contributed by atoms with Crippen molar-refractivity contribution in [2.45, 2.75) is 76.6 Å². The van der Waals surface area contributed by atoms with Crippen molar-refractivity contribution in [1.82, 2.24) is 34.7 Å². The Balaban J connectivity index is 1.48. The summed E-state index contributed by atoms with van der Waals surface area (Å²) in [7, 11) is 0.316. The highest BCUT2D eigenvalue weighted by Crippen LogP contribution is 2.39. The zero-order chi connectivity index (χ0) is 30.8. The zero-order valence-corrected chi connectivity index (χ0v) is 26.3. The average Bonchev–Trinajstić information content (AvgIpc) is 3.55. The molecule has 1 unspecified atom stereocenters. The summed E-state index contributed by atoms with van der Waals surface area (Å²) in [6, 6.07) is 7.49. The fourth-order valence-corrected chi connectivity index (χ4v) is 6.84. The number of carbonyl (C=O) groups is 1. The first-order valence-electron chi connectivity index (χ1n) is 14.5. The second kappa shape index (κ2) is 10.7. The minimum atomic E-state index is -1.54. The summed E-state index contributed by atoms with van der Waals surface area (Å²) in [6.07, 6.45) is 4.96. The lowest BCUT2D eigenvalue weighted by molar-refractivity contribution is 0.00440. The highest BCUT2D eigenvalue weighted by atomic mass is 32.2. The smallest absolute Gasteiger partial charge is 0.410 e. The van der Waals surface area contributed by atoms with Gasteiger partial charge in [-0.1, -0.05) is 24.3 Å². The predicted molar refractivity (Wildman–Crippen MR) is 165 cm³/mol. The first-order valence-corrected chi connectivity index (χ1v) is 16.1. The Morgan fingerprint density at radius 3 is 2.67 bits per heavy atom. The molecule has 3 atom stereocenters. The lowest BCUT2D eigenvalue weighted by Gasteiger charge is -2.39. The number of carbonyl (C=O) groups excluding carboxylic acids is 1. The van der Waals surface area contributed by atoms with E-state index >= 15 is 4.39 Å². The number of likely N-dealkylation sites (tertiary alicyclic amines) is 1. The molecule has 1 fully saturated rings. The van der Waals surface area contributed by atoms with Crippen LogP contribution < -0.4 is 0 Å². The van der Waals surface area contributed by atoms with Crippen LogP contribution in [0.5, 0.6) is 0 Å². The maximum atomic E-state index is 16.6. The van der Waals surface area contributed by atoms with Crippen molar-refractivity contribution in [3.05, 3.63) is 41.8 Å². The maximum Gasteiger partial charge on any atom is 0.410 e. The Morgan fingerprint density at radius 2 is 1.98 bits per heavy atom. The minimum absolute atomic E-state index is 0.0623. The molecule has 0 bridgehead atoms. The summed E-state index contributed by atoms with van der Waals surface area (Å²) in [6.45, 7) is 9.99. The van der Waals surface area contributed by atoms with Crippen LogP contribution in [0.3, 0.4) is 0 Å². The van der Waals surface area contributed by atoms with E-state index in [-0.39, 0.29) is 28.7 Å². The number of aromatic nitrogens is 6. The van der Waals surface area contributed by atoms with Gasteiger partial charge in [-0.05, 0) is 70.2 Å². The van der Waals surface area contributed by atoms with Gasteiger partial charge in [0.25, 0.3) is 0 Å². The Bertz CT molecular complexity index is 1930. The summed E-state index contributed by atoms with van der Waals surface area (Å²) in [5.74, 6) is -0.482. The molecule has 5 aromatic rings. The number of amides is 1. The Hall–Kier alpha value is -3.93. The van der Waals surface area contributed by atoms with Crippen molar-refractivity contribution in [1.29, 1.82) is 0 Å². The maximum absolute atomic E-state index is 16.6.